The van der Waals surface area contributed by atoms with Crippen LogP contribution in [0.25, 0.3) is 0 Å². The van der Waals surface area contributed by atoms with Crippen molar-refractivity contribution in [3.05, 3.63) is 6.33 Å². The normalized spacial score (nSPS) is 17.0. The highest BCUT2D eigenvalue weighted by molar-refractivity contribution is 5.75. The van der Waals surface area contributed by atoms with Gasteiger partial charge in [-0.3, -0.25) is 4.79 Å². The molecule has 17 heavy (non-hydrogen) atoms. The van der Waals surface area contributed by atoms with Gasteiger partial charge < -0.3 is 10.2 Å². The monoisotopic (exact) mass is 238 g/mol. The van der Waals surface area contributed by atoms with E-state index in [1.165, 1.54) is 11.0 Å². The number of hydrogen-bond donors (Lipinski definition) is 1. The largest absolute Gasteiger partial charge is 0.344 e. The number of aromatic nitrogens is 4. The predicted molar refractivity (Wildman–Crippen MR) is 61.0 cm³/mol. The van der Waals surface area contributed by atoms with Crippen LogP contribution in [0.4, 0.5) is 0 Å². The highest BCUT2D eigenvalue weighted by Gasteiger charge is 2.18. The third-order valence-corrected chi connectivity index (χ3v) is 3.11. The van der Waals surface area contributed by atoms with Gasteiger partial charge in [-0.2, -0.15) is 0 Å². The van der Waals surface area contributed by atoms with Gasteiger partial charge in [0, 0.05) is 13.6 Å². The van der Waals surface area contributed by atoms with Crippen LogP contribution in [0.3, 0.4) is 0 Å². The Hall–Kier alpha value is -1.50. The SMILES string of the molecule is CN(CC1CCNCC1)C(=O)Cn1cnnn1. The average molecular weight is 238 g/mol. The molecule has 7 heteroatoms. The first-order valence-electron chi connectivity index (χ1n) is 5.91. The second-order valence-electron chi connectivity index (χ2n) is 4.48. The molecule has 2 heterocycles. The van der Waals surface area contributed by atoms with Crippen molar-refractivity contribution in [1.82, 2.24) is 30.4 Å². The minimum Gasteiger partial charge on any atom is -0.344 e. The predicted octanol–water partition coefficient (Wildman–Crippen LogP) is -0.869. The van der Waals surface area contributed by atoms with Crippen LogP contribution in [0.1, 0.15) is 12.8 Å². The molecule has 0 spiro atoms. The van der Waals surface area contributed by atoms with Gasteiger partial charge in [-0.15, -0.1) is 5.10 Å². The standard InChI is InChI=1S/C10H18N6O/c1-15(6-9-2-4-11-5-3-9)10(17)7-16-8-12-13-14-16/h8-9,11H,2-7H2,1H3. The molecular weight excluding hydrogens is 220 g/mol. The summed E-state index contributed by atoms with van der Waals surface area (Å²) in [5.74, 6) is 0.662. The summed E-state index contributed by atoms with van der Waals surface area (Å²) in [5, 5.41) is 14.0. The Morgan fingerprint density at radius 3 is 2.94 bits per heavy atom. The summed E-state index contributed by atoms with van der Waals surface area (Å²) in [4.78, 5) is 13.7. The first-order chi connectivity index (χ1) is 8.25. The van der Waals surface area contributed by atoms with E-state index in [0.717, 1.165) is 32.5 Å². The Balaban J connectivity index is 1.78. The van der Waals surface area contributed by atoms with Gasteiger partial charge >= 0.3 is 0 Å². The number of rotatable bonds is 4. The molecule has 0 atom stereocenters. The fourth-order valence-corrected chi connectivity index (χ4v) is 2.07. The molecule has 1 aliphatic heterocycles. The molecule has 0 saturated carbocycles. The van der Waals surface area contributed by atoms with Gasteiger partial charge in [0.2, 0.25) is 5.91 Å². The van der Waals surface area contributed by atoms with E-state index in [2.05, 4.69) is 20.8 Å². The Labute approximate surface area is 100 Å². The van der Waals surface area contributed by atoms with E-state index in [0.29, 0.717) is 5.92 Å². The molecule has 1 aromatic heterocycles. The summed E-state index contributed by atoms with van der Waals surface area (Å²) < 4.78 is 1.45. The van der Waals surface area contributed by atoms with Crippen LogP contribution in [0.5, 0.6) is 0 Å². The van der Waals surface area contributed by atoms with Gasteiger partial charge in [0.1, 0.15) is 12.9 Å². The summed E-state index contributed by atoms with van der Waals surface area (Å²) in [6.45, 7) is 3.15. The minimum absolute atomic E-state index is 0.0517. The zero-order chi connectivity index (χ0) is 12.1. The maximum atomic E-state index is 11.9. The highest BCUT2D eigenvalue weighted by atomic mass is 16.2. The van der Waals surface area contributed by atoms with E-state index in [1.54, 1.807) is 4.90 Å². The lowest BCUT2D eigenvalue weighted by molar-refractivity contribution is -0.131. The highest BCUT2D eigenvalue weighted by Crippen LogP contribution is 2.12. The summed E-state index contributed by atoms with van der Waals surface area (Å²) in [6, 6.07) is 0. The van der Waals surface area contributed by atoms with Crippen molar-refractivity contribution in [2.45, 2.75) is 19.4 Å². The molecule has 0 unspecified atom stereocenters. The van der Waals surface area contributed by atoms with E-state index in [-0.39, 0.29) is 12.5 Å². The molecule has 1 aliphatic rings. The van der Waals surface area contributed by atoms with Crippen molar-refractivity contribution in [1.29, 1.82) is 0 Å². The first-order valence-corrected chi connectivity index (χ1v) is 5.91. The van der Waals surface area contributed by atoms with E-state index < -0.39 is 0 Å². The maximum Gasteiger partial charge on any atom is 0.244 e. The zero-order valence-electron chi connectivity index (χ0n) is 10.0. The van der Waals surface area contributed by atoms with Gasteiger partial charge in [0.15, 0.2) is 0 Å². The third-order valence-electron chi connectivity index (χ3n) is 3.11. The van der Waals surface area contributed by atoms with E-state index in [9.17, 15) is 4.79 Å². The van der Waals surface area contributed by atoms with Crippen LogP contribution < -0.4 is 5.32 Å². The number of piperidine rings is 1. The van der Waals surface area contributed by atoms with Crippen molar-refractivity contribution in [3.8, 4) is 0 Å². The Bertz CT molecular complexity index is 346. The number of hydrogen-bond acceptors (Lipinski definition) is 5. The lowest BCUT2D eigenvalue weighted by Crippen LogP contribution is -2.38. The molecule has 0 aliphatic carbocycles. The number of nitrogens with one attached hydrogen (secondary N) is 1. The molecule has 1 amide bonds. The fraction of sp³-hybridized carbons (Fsp3) is 0.800. The van der Waals surface area contributed by atoms with Crippen molar-refractivity contribution in [3.63, 3.8) is 0 Å². The molecule has 1 saturated heterocycles. The molecule has 2 rings (SSSR count). The topological polar surface area (TPSA) is 75.9 Å². The van der Waals surface area contributed by atoms with Crippen LogP contribution in [0.2, 0.25) is 0 Å². The quantitative estimate of drug-likeness (QED) is 0.738. The van der Waals surface area contributed by atoms with Crippen LogP contribution >= 0.6 is 0 Å². The van der Waals surface area contributed by atoms with E-state index in [1.807, 2.05) is 7.05 Å². The lowest BCUT2D eigenvalue weighted by atomic mass is 9.98. The molecule has 94 valence electrons. The number of likely N-dealkylation sites (N-methyl/N-ethyl adjacent to an activating group) is 1. The Morgan fingerprint density at radius 2 is 2.29 bits per heavy atom. The average Bonchev–Trinajstić information content (AvgIpc) is 2.83. The molecule has 0 bridgehead atoms. The van der Waals surface area contributed by atoms with Crippen LogP contribution in [0.15, 0.2) is 6.33 Å². The summed E-state index contributed by atoms with van der Waals surface area (Å²) in [6.07, 6.45) is 3.74. The van der Waals surface area contributed by atoms with Crippen LogP contribution in [0, 0.1) is 5.92 Å². The smallest absolute Gasteiger partial charge is 0.244 e. The van der Waals surface area contributed by atoms with E-state index in [4.69, 9.17) is 0 Å². The van der Waals surface area contributed by atoms with Crippen LogP contribution in [-0.4, -0.2) is 57.7 Å². The van der Waals surface area contributed by atoms with Crippen molar-refractivity contribution < 1.29 is 4.79 Å². The van der Waals surface area contributed by atoms with Gasteiger partial charge in [0.25, 0.3) is 0 Å². The number of nitrogens with zero attached hydrogens (tertiary/aromatic N) is 5. The molecule has 0 aromatic carbocycles. The molecule has 1 N–H and O–H groups in total. The van der Waals surface area contributed by atoms with Crippen molar-refractivity contribution in [2.75, 3.05) is 26.7 Å². The molecule has 1 fully saturated rings. The lowest BCUT2D eigenvalue weighted by Gasteiger charge is -2.27. The maximum absolute atomic E-state index is 11.9. The fourth-order valence-electron chi connectivity index (χ4n) is 2.07. The Kier molecular flexibility index (Phi) is 4.03. The second kappa shape index (κ2) is 5.72. The summed E-state index contributed by atoms with van der Waals surface area (Å²) in [7, 11) is 1.84. The number of carbonyl (C=O) groups excluding carboxylic acids is 1. The first kappa shape index (κ1) is 12.0. The molecular formula is C10H18N6O. The minimum atomic E-state index is 0.0517. The van der Waals surface area contributed by atoms with Gasteiger partial charge in [0.05, 0.1) is 0 Å². The molecule has 1 aromatic rings. The van der Waals surface area contributed by atoms with Gasteiger partial charge in [-0.25, -0.2) is 4.68 Å². The summed E-state index contributed by atoms with van der Waals surface area (Å²) in [5.41, 5.74) is 0. The van der Waals surface area contributed by atoms with Crippen molar-refractivity contribution in [2.24, 2.45) is 5.92 Å². The summed E-state index contributed by atoms with van der Waals surface area (Å²) >= 11 is 0. The second-order valence-corrected chi connectivity index (χ2v) is 4.48. The molecule has 7 nitrogen and oxygen atoms in total. The van der Waals surface area contributed by atoms with Gasteiger partial charge in [-0.1, -0.05) is 0 Å². The number of carbonyl (C=O) groups is 1. The van der Waals surface area contributed by atoms with Gasteiger partial charge in [-0.05, 0) is 42.3 Å². The molecule has 0 radical (unpaired) electrons. The zero-order valence-corrected chi connectivity index (χ0v) is 10.0. The van der Waals surface area contributed by atoms with Crippen LogP contribution in [-0.2, 0) is 11.3 Å². The number of amides is 1. The number of tetrazole rings is 1. The van der Waals surface area contributed by atoms with E-state index >= 15 is 0 Å². The Morgan fingerprint density at radius 1 is 1.53 bits per heavy atom. The third kappa shape index (κ3) is 3.48. The van der Waals surface area contributed by atoms with Crippen molar-refractivity contribution >= 4 is 5.91 Å².